The number of benzene rings is 1. The molecule has 0 radical (unpaired) electrons. The number of halogens is 1. The minimum atomic E-state index is -2.80. The molecule has 3 heterocycles. The number of alkyl carbamates (subject to hydrolysis) is 1. The maximum Gasteiger partial charge on any atom is 0.408 e. The molecule has 9 nitrogen and oxygen atoms in total. The molecule has 1 amide bonds. The Morgan fingerprint density at radius 2 is 2.05 bits per heavy atom. The van der Waals surface area contributed by atoms with Gasteiger partial charge in [0, 0.05) is 24.0 Å². The number of cyclic esters (lactones) is 1. The number of esters is 1. The van der Waals surface area contributed by atoms with Gasteiger partial charge in [-0.3, -0.25) is 9.78 Å². The van der Waals surface area contributed by atoms with E-state index >= 15 is 4.39 Å². The zero-order valence-electron chi connectivity index (χ0n) is 21.7. The van der Waals surface area contributed by atoms with Gasteiger partial charge in [-0.1, -0.05) is 30.4 Å². The highest BCUT2D eigenvalue weighted by molar-refractivity contribution is 6.06. The van der Waals surface area contributed by atoms with Gasteiger partial charge in [-0.15, -0.1) is 0 Å². The van der Waals surface area contributed by atoms with Crippen LogP contribution < -0.4 is 10.6 Å². The van der Waals surface area contributed by atoms with Crippen molar-refractivity contribution in [2.75, 3.05) is 19.8 Å². The standard InChI is InChI=1S/C28H34FN3O6/c1-18-25-23(38-27(35)32-25)17-37-26(34)28(2,29)24(33)12-11-21(9-5-13-30-18)36-14-6-7-19-15-20-8-3-4-10-22(20)31-16-19/h3-4,6-8,10,15-16,18,21,23,25,30H,5,9,11-14,17H2,1-2H3,(H,32,35)/b7-6+. The summed E-state index contributed by atoms with van der Waals surface area (Å²) in [7, 11) is 0. The number of fused-ring (bicyclic) bond motifs is 2. The fourth-order valence-corrected chi connectivity index (χ4v) is 4.64. The molecule has 2 N–H and O–H groups in total. The Morgan fingerprint density at radius 3 is 2.89 bits per heavy atom. The zero-order valence-corrected chi connectivity index (χ0v) is 21.7. The summed E-state index contributed by atoms with van der Waals surface area (Å²) in [6.07, 6.45) is 5.32. The number of nitrogens with zero attached hydrogens (tertiary/aromatic N) is 1. The number of carbonyl (C=O) groups excluding carboxylic acids is 3. The number of ether oxygens (including phenoxy) is 3. The SMILES string of the molecule is CC1NCCCC(OC/C=C/c2cnc3ccccc3c2)CCC(=O)C(C)(F)C(=O)OCC2OC(=O)NC12. The highest BCUT2D eigenvalue weighted by Gasteiger charge is 2.45. The van der Waals surface area contributed by atoms with Crippen LogP contribution in [-0.4, -0.2) is 72.5 Å². The maximum absolute atomic E-state index is 15.1. The molecule has 2 fully saturated rings. The van der Waals surface area contributed by atoms with Crippen molar-refractivity contribution in [1.82, 2.24) is 15.6 Å². The fraction of sp³-hybridized carbons (Fsp3) is 0.500. The molecule has 5 unspecified atom stereocenters. The lowest BCUT2D eigenvalue weighted by atomic mass is 9.96. The predicted molar refractivity (Wildman–Crippen MR) is 139 cm³/mol. The lowest BCUT2D eigenvalue weighted by Crippen LogP contribution is -2.50. The number of ketones is 1. The Morgan fingerprint density at radius 1 is 1.24 bits per heavy atom. The van der Waals surface area contributed by atoms with Crippen LogP contribution in [0.1, 0.15) is 45.1 Å². The molecule has 2 aliphatic rings. The van der Waals surface area contributed by atoms with E-state index in [0.29, 0.717) is 19.6 Å². The molecule has 0 spiro atoms. The number of aromatic nitrogens is 1. The van der Waals surface area contributed by atoms with Gasteiger partial charge in [-0.25, -0.2) is 14.0 Å². The molecule has 204 valence electrons. The van der Waals surface area contributed by atoms with Crippen molar-refractivity contribution in [2.45, 2.75) is 69.5 Å². The smallest absolute Gasteiger partial charge is 0.408 e. The number of nitrogens with one attached hydrogen (secondary N) is 2. The van der Waals surface area contributed by atoms with E-state index < -0.39 is 35.7 Å². The van der Waals surface area contributed by atoms with Gasteiger partial charge < -0.3 is 24.8 Å². The van der Waals surface area contributed by atoms with Gasteiger partial charge in [-0.05, 0) is 57.4 Å². The van der Waals surface area contributed by atoms with Crippen molar-refractivity contribution in [1.29, 1.82) is 0 Å². The summed E-state index contributed by atoms with van der Waals surface area (Å²) in [4.78, 5) is 41.2. The summed E-state index contributed by atoms with van der Waals surface area (Å²) in [5.74, 6) is -2.16. The Kier molecular flexibility index (Phi) is 9.06. The second-order valence-electron chi connectivity index (χ2n) is 9.88. The Labute approximate surface area is 221 Å². The topological polar surface area (TPSA) is 116 Å². The predicted octanol–water partition coefficient (Wildman–Crippen LogP) is 3.50. The van der Waals surface area contributed by atoms with Crippen molar-refractivity contribution in [3.8, 4) is 0 Å². The number of Topliss-reactive ketones (excluding diaryl/α,β-unsaturated/α-hetero) is 1. The number of alkyl halides is 1. The molecule has 2 aromatic rings. The lowest BCUT2D eigenvalue weighted by molar-refractivity contribution is -0.164. The molecule has 38 heavy (non-hydrogen) atoms. The summed E-state index contributed by atoms with van der Waals surface area (Å²) < 4.78 is 31.4. The summed E-state index contributed by atoms with van der Waals surface area (Å²) >= 11 is 0. The third-order valence-electron chi connectivity index (χ3n) is 6.98. The van der Waals surface area contributed by atoms with Crippen LogP contribution in [0.25, 0.3) is 17.0 Å². The van der Waals surface area contributed by atoms with Gasteiger partial charge in [0.2, 0.25) is 0 Å². The lowest BCUT2D eigenvalue weighted by Gasteiger charge is -2.25. The van der Waals surface area contributed by atoms with E-state index in [-0.39, 0.29) is 31.6 Å². The fourth-order valence-electron chi connectivity index (χ4n) is 4.64. The second kappa shape index (κ2) is 12.4. The minimum absolute atomic E-state index is 0.169. The third kappa shape index (κ3) is 6.93. The van der Waals surface area contributed by atoms with Gasteiger partial charge in [0.25, 0.3) is 5.67 Å². The molecule has 0 saturated carbocycles. The van der Waals surface area contributed by atoms with E-state index in [9.17, 15) is 14.4 Å². The molecule has 0 aliphatic carbocycles. The van der Waals surface area contributed by atoms with Crippen LogP contribution in [0.2, 0.25) is 0 Å². The average Bonchev–Trinajstić information content (AvgIpc) is 3.29. The highest BCUT2D eigenvalue weighted by atomic mass is 19.1. The van der Waals surface area contributed by atoms with Gasteiger partial charge in [-0.2, -0.15) is 0 Å². The van der Waals surface area contributed by atoms with E-state index in [1.165, 1.54) is 0 Å². The molecule has 5 atom stereocenters. The van der Waals surface area contributed by atoms with Crippen molar-refractivity contribution < 1.29 is 33.0 Å². The molecule has 2 saturated heterocycles. The molecule has 0 bridgehead atoms. The Balaban J connectivity index is 1.38. The van der Waals surface area contributed by atoms with Gasteiger partial charge in [0.1, 0.15) is 6.61 Å². The average molecular weight is 528 g/mol. The Bertz CT molecular complexity index is 1190. The summed E-state index contributed by atoms with van der Waals surface area (Å²) in [5.41, 5.74) is -0.940. The third-order valence-corrected chi connectivity index (χ3v) is 6.98. The molecular formula is C28H34FN3O6. The molecule has 4 rings (SSSR count). The maximum atomic E-state index is 15.1. The van der Waals surface area contributed by atoms with Crippen molar-refractivity contribution in [3.63, 3.8) is 0 Å². The van der Waals surface area contributed by atoms with Crippen LogP contribution >= 0.6 is 0 Å². The molecule has 1 aromatic carbocycles. The summed E-state index contributed by atoms with van der Waals surface area (Å²) in [5, 5.41) is 7.09. The van der Waals surface area contributed by atoms with Crippen molar-refractivity contribution in [3.05, 3.63) is 48.2 Å². The van der Waals surface area contributed by atoms with Gasteiger partial charge in [0.05, 0.1) is 24.3 Å². The van der Waals surface area contributed by atoms with E-state index in [1.807, 2.05) is 49.4 Å². The van der Waals surface area contributed by atoms with Crippen molar-refractivity contribution in [2.24, 2.45) is 0 Å². The van der Waals surface area contributed by atoms with Crippen LogP contribution in [0, 0.1) is 0 Å². The van der Waals surface area contributed by atoms with Gasteiger partial charge >= 0.3 is 12.1 Å². The van der Waals surface area contributed by atoms with E-state index in [1.54, 1.807) is 6.20 Å². The molecular weight excluding hydrogens is 493 g/mol. The largest absolute Gasteiger partial charge is 0.459 e. The molecule has 1 aromatic heterocycles. The summed E-state index contributed by atoms with van der Waals surface area (Å²) in [6.45, 7) is 3.39. The first kappa shape index (κ1) is 27.7. The Hall–Kier alpha value is -3.37. The minimum Gasteiger partial charge on any atom is -0.459 e. The van der Waals surface area contributed by atoms with Crippen LogP contribution in [-0.2, 0) is 23.8 Å². The number of para-hydroxylation sites is 1. The normalized spacial score (nSPS) is 29.7. The monoisotopic (exact) mass is 527 g/mol. The number of carbonyl (C=O) groups is 3. The number of amides is 1. The number of pyridine rings is 1. The van der Waals surface area contributed by atoms with Crippen LogP contribution in [0.15, 0.2) is 42.6 Å². The van der Waals surface area contributed by atoms with E-state index in [0.717, 1.165) is 29.8 Å². The summed E-state index contributed by atoms with van der Waals surface area (Å²) in [6, 6.07) is 9.25. The van der Waals surface area contributed by atoms with E-state index in [4.69, 9.17) is 14.2 Å². The first-order chi connectivity index (χ1) is 18.2. The van der Waals surface area contributed by atoms with Crippen molar-refractivity contribution >= 4 is 34.8 Å². The highest BCUT2D eigenvalue weighted by Crippen LogP contribution is 2.22. The number of rotatable bonds is 4. The first-order valence-electron chi connectivity index (χ1n) is 13.0. The number of hydrogen-bond donors (Lipinski definition) is 2. The molecule has 2 aliphatic heterocycles. The second-order valence-corrected chi connectivity index (χ2v) is 9.88. The molecule has 10 heteroatoms. The first-order valence-corrected chi connectivity index (χ1v) is 13.0. The number of hydrogen-bond acceptors (Lipinski definition) is 8. The van der Waals surface area contributed by atoms with Crippen LogP contribution in [0.4, 0.5) is 9.18 Å². The van der Waals surface area contributed by atoms with Gasteiger partial charge in [0.15, 0.2) is 11.9 Å². The quantitative estimate of drug-likeness (QED) is 0.459. The van der Waals surface area contributed by atoms with Crippen LogP contribution in [0.3, 0.4) is 0 Å². The van der Waals surface area contributed by atoms with Crippen LogP contribution in [0.5, 0.6) is 0 Å². The zero-order chi connectivity index (χ0) is 27.1. The van der Waals surface area contributed by atoms with E-state index in [2.05, 4.69) is 15.6 Å².